The van der Waals surface area contributed by atoms with Crippen LogP contribution in [0.5, 0.6) is 0 Å². The van der Waals surface area contributed by atoms with Crippen LogP contribution in [0, 0.1) is 0 Å². The van der Waals surface area contributed by atoms with Gasteiger partial charge in [-0.2, -0.15) is 0 Å². The van der Waals surface area contributed by atoms with Crippen LogP contribution < -0.4 is 10.9 Å². The first kappa shape index (κ1) is 15.0. The van der Waals surface area contributed by atoms with Crippen molar-refractivity contribution in [1.82, 2.24) is 29.2 Å². The smallest absolute Gasteiger partial charge is 0.258 e. The average molecular weight is 324 g/mol. The van der Waals surface area contributed by atoms with E-state index in [2.05, 4.69) is 20.2 Å². The molecular weight excluding hydrogens is 304 g/mol. The summed E-state index contributed by atoms with van der Waals surface area (Å²) < 4.78 is 3.62. The van der Waals surface area contributed by atoms with Crippen LogP contribution in [0.4, 0.5) is 0 Å². The fourth-order valence-electron chi connectivity index (χ4n) is 3.28. The first-order chi connectivity index (χ1) is 11.7. The summed E-state index contributed by atoms with van der Waals surface area (Å²) in [6.07, 6.45) is 5.53. The Hall–Kier alpha value is -2.51. The van der Waals surface area contributed by atoms with Gasteiger partial charge in [-0.1, -0.05) is 6.07 Å². The monoisotopic (exact) mass is 324 g/mol. The molecule has 0 saturated carbocycles. The Bertz CT molecular complexity index is 915. The Labute approximate surface area is 139 Å². The third-order valence-electron chi connectivity index (χ3n) is 4.50. The maximum absolute atomic E-state index is 12.3. The number of piperazine rings is 1. The number of aromatic nitrogens is 4. The molecule has 1 N–H and O–H groups in total. The number of rotatable bonds is 3. The summed E-state index contributed by atoms with van der Waals surface area (Å²) in [5.74, 6) is 1.03. The van der Waals surface area contributed by atoms with E-state index >= 15 is 0 Å². The summed E-state index contributed by atoms with van der Waals surface area (Å²) in [6, 6.07) is 7.40. The Morgan fingerprint density at radius 3 is 3.08 bits per heavy atom. The number of aryl methyl sites for hydroxylation is 1. The highest BCUT2D eigenvalue weighted by molar-refractivity contribution is 5.38. The van der Waals surface area contributed by atoms with E-state index < -0.39 is 0 Å². The molecule has 1 saturated heterocycles. The molecule has 4 rings (SSSR count). The first-order valence-corrected chi connectivity index (χ1v) is 8.12. The molecule has 1 unspecified atom stereocenters. The highest BCUT2D eigenvalue weighted by atomic mass is 16.1. The van der Waals surface area contributed by atoms with Crippen molar-refractivity contribution in [2.75, 3.05) is 19.6 Å². The van der Waals surface area contributed by atoms with Gasteiger partial charge in [0, 0.05) is 57.9 Å². The van der Waals surface area contributed by atoms with Crippen LogP contribution in [0.2, 0.25) is 0 Å². The number of nitrogens with one attached hydrogen (secondary N) is 1. The molecule has 1 atom stereocenters. The van der Waals surface area contributed by atoms with Gasteiger partial charge in [0.1, 0.15) is 11.5 Å². The standard InChI is InChI=1S/C17H20N6O/c1-21-8-6-19-17(21)14-11-18-5-9-22(14)12-13-10-16(24)23-7-3-2-4-15(23)20-13/h2-4,6-8,10,14,18H,5,9,11-12H2,1H3. The highest BCUT2D eigenvalue weighted by Gasteiger charge is 2.27. The molecule has 0 aromatic carbocycles. The lowest BCUT2D eigenvalue weighted by molar-refractivity contribution is 0.143. The first-order valence-electron chi connectivity index (χ1n) is 8.12. The minimum absolute atomic E-state index is 0.0423. The molecule has 3 aromatic rings. The molecule has 1 fully saturated rings. The van der Waals surface area contributed by atoms with Crippen molar-refractivity contribution >= 4 is 5.65 Å². The van der Waals surface area contributed by atoms with Crippen LogP contribution in [-0.4, -0.2) is 43.5 Å². The van der Waals surface area contributed by atoms with Crippen LogP contribution in [0.1, 0.15) is 17.6 Å². The molecule has 124 valence electrons. The molecule has 24 heavy (non-hydrogen) atoms. The van der Waals surface area contributed by atoms with Gasteiger partial charge in [-0.3, -0.25) is 14.1 Å². The van der Waals surface area contributed by atoms with Gasteiger partial charge in [0.15, 0.2) is 0 Å². The Kier molecular flexibility index (Phi) is 3.87. The van der Waals surface area contributed by atoms with Crippen molar-refractivity contribution in [3.05, 3.63) is 64.7 Å². The van der Waals surface area contributed by atoms with E-state index in [-0.39, 0.29) is 11.6 Å². The van der Waals surface area contributed by atoms with E-state index in [0.717, 1.165) is 31.2 Å². The van der Waals surface area contributed by atoms with Gasteiger partial charge in [0.2, 0.25) is 0 Å². The third-order valence-corrected chi connectivity index (χ3v) is 4.50. The second-order valence-corrected chi connectivity index (χ2v) is 6.10. The van der Waals surface area contributed by atoms with Gasteiger partial charge in [-0.15, -0.1) is 0 Å². The summed E-state index contributed by atoms with van der Waals surface area (Å²) in [5, 5.41) is 3.43. The van der Waals surface area contributed by atoms with Crippen molar-refractivity contribution in [3.63, 3.8) is 0 Å². The third kappa shape index (κ3) is 2.72. The lowest BCUT2D eigenvalue weighted by Crippen LogP contribution is -2.46. The minimum atomic E-state index is -0.0423. The number of nitrogens with zero attached hydrogens (tertiary/aromatic N) is 5. The second-order valence-electron chi connectivity index (χ2n) is 6.10. The van der Waals surface area contributed by atoms with Gasteiger partial charge in [-0.05, 0) is 12.1 Å². The van der Waals surface area contributed by atoms with Gasteiger partial charge in [-0.25, -0.2) is 9.97 Å². The summed E-state index contributed by atoms with van der Waals surface area (Å²) in [4.78, 5) is 23.8. The van der Waals surface area contributed by atoms with Gasteiger partial charge in [0.05, 0.1) is 11.7 Å². The van der Waals surface area contributed by atoms with E-state index in [4.69, 9.17) is 0 Å². The Morgan fingerprint density at radius 1 is 1.33 bits per heavy atom. The van der Waals surface area contributed by atoms with Crippen molar-refractivity contribution < 1.29 is 0 Å². The molecule has 0 radical (unpaired) electrons. The van der Waals surface area contributed by atoms with E-state index in [0.29, 0.717) is 12.2 Å². The van der Waals surface area contributed by atoms with Gasteiger partial charge >= 0.3 is 0 Å². The lowest BCUT2D eigenvalue weighted by atomic mass is 10.1. The molecule has 1 aliphatic rings. The van der Waals surface area contributed by atoms with Gasteiger partial charge < -0.3 is 9.88 Å². The van der Waals surface area contributed by atoms with Crippen molar-refractivity contribution in [3.8, 4) is 0 Å². The maximum Gasteiger partial charge on any atom is 0.258 e. The average Bonchev–Trinajstić information content (AvgIpc) is 3.01. The summed E-state index contributed by atoms with van der Waals surface area (Å²) in [5.41, 5.74) is 1.44. The topological polar surface area (TPSA) is 67.5 Å². The summed E-state index contributed by atoms with van der Waals surface area (Å²) in [6.45, 7) is 3.30. The predicted molar refractivity (Wildman–Crippen MR) is 90.7 cm³/mol. The van der Waals surface area contributed by atoms with Crippen LogP contribution in [-0.2, 0) is 13.6 Å². The fourth-order valence-corrected chi connectivity index (χ4v) is 3.28. The zero-order valence-corrected chi connectivity index (χ0v) is 13.6. The lowest BCUT2D eigenvalue weighted by Gasteiger charge is -2.35. The molecule has 7 heteroatoms. The van der Waals surface area contributed by atoms with E-state index in [1.807, 2.05) is 42.2 Å². The van der Waals surface area contributed by atoms with E-state index in [1.54, 1.807) is 16.7 Å². The normalized spacial score (nSPS) is 19.0. The summed E-state index contributed by atoms with van der Waals surface area (Å²) in [7, 11) is 2.01. The molecule has 1 aliphatic heterocycles. The zero-order valence-electron chi connectivity index (χ0n) is 13.6. The minimum Gasteiger partial charge on any atom is -0.337 e. The Morgan fingerprint density at radius 2 is 2.25 bits per heavy atom. The number of hydrogen-bond donors (Lipinski definition) is 1. The maximum atomic E-state index is 12.3. The molecule has 0 aliphatic carbocycles. The van der Waals surface area contributed by atoms with E-state index in [9.17, 15) is 4.79 Å². The number of fused-ring (bicyclic) bond motifs is 1. The molecule has 3 aromatic heterocycles. The van der Waals surface area contributed by atoms with Gasteiger partial charge in [0.25, 0.3) is 5.56 Å². The Balaban J connectivity index is 1.66. The molecule has 0 bridgehead atoms. The van der Waals surface area contributed by atoms with Crippen molar-refractivity contribution in [2.45, 2.75) is 12.6 Å². The molecule has 4 heterocycles. The largest absolute Gasteiger partial charge is 0.337 e. The number of imidazole rings is 1. The number of pyridine rings is 1. The fraction of sp³-hybridized carbons (Fsp3) is 0.353. The van der Waals surface area contributed by atoms with Crippen molar-refractivity contribution in [1.29, 1.82) is 0 Å². The summed E-state index contributed by atoms with van der Waals surface area (Å²) >= 11 is 0. The molecular formula is C17H20N6O. The SMILES string of the molecule is Cn1ccnc1C1CNCCN1Cc1cc(=O)n2ccccc2n1. The molecule has 0 amide bonds. The molecule has 0 spiro atoms. The van der Waals surface area contributed by atoms with Crippen LogP contribution in [0.3, 0.4) is 0 Å². The van der Waals surface area contributed by atoms with Crippen LogP contribution in [0.25, 0.3) is 5.65 Å². The quantitative estimate of drug-likeness (QED) is 0.763. The second kappa shape index (κ2) is 6.18. The number of hydrogen-bond acceptors (Lipinski definition) is 5. The van der Waals surface area contributed by atoms with Crippen molar-refractivity contribution in [2.24, 2.45) is 7.05 Å². The highest BCUT2D eigenvalue weighted by Crippen LogP contribution is 2.22. The predicted octanol–water partition coefficient (Wildman–Crippen LogP) is 0.574. The molecule has 7 nitrogen and oxygen atoms in total. The van der Waals surface area contributed by atoms with Crippen LogP contribution in [0.15, 0.2) is 47.7 Å². The van der Waals surface area contributed by atoms with E-state index in [1.165, 1.54) is 0 Å². The zero-order chi connectivity index (χ0) is 16.5. The van der Waals surface area contributed by atoms with Crippen LogP contribution >= 0.6 is 0 Å².